The number of amides is 1. The van der Waals surface area contributed by atoms with Crippen molar-refractivity contribution in [3.8, 4) is 0 Å². The van der Waals surface area contributed by atoms with Gasteiger partial charge in [-0.05, 0) is 49.8 Å². The molecule has 2 aromatic heterocycles. The smallest absolute Gasteiger partial charge is 0.230 e. The fourth-order valence-electron chi connectivity index (χ4n) is 3.11. The number of nitrogens with zero attached hydrogens (tertiary/aromatic N) is 3. The molecule has 2 heterocycles. The molecule has 2 N–H and O–H groups in total. The van der Waals surface area contributed by atoms with Gasteiger partial charge in [-0.1, -0.05) is 49.1 Å². The summed E-state index contributed by atoms with van der Waals surface area (Å²) in [5, 5.41) is 15.3. The Kier molecular flexibility index (Phi) is 8.30. The summed E-state index contributed by atoms with van der Waals surface area (Å²) in [6, 6.07) is 11.9. The van der Waals surface area contributed by atoms with Crippen LogP contribution in [0.4, 0.5) is 10.8 Å². The third-order valence-corrected chi connectivity index (χ3v) is 6.59. The zero-order valence-corrected chi connectivity index (χ0v) is 19.1. The first kappa shape index (κ1) is 22.3. The number of aryl methyl sites for hydroxylation is 1. The van der Waals surface area contributed by atoms with Crippen LogP contribution >= 0.6 is 23.1 Å². The number of hydrogen-bond donors (Lipinski definition) is 2. The van der Waals surface area contributed by atoms with Gasteiger partial charge in [0.25, 0.3) is 0 Å². The second kappa shape index (κ2) is 11.1. The number of nitrogens with one attached hydrogen (secondary N) is 2. The van der Waals surface area contributed by atoms with E-state index in [9.17, 15) is 4.79 Å². The van der Waals surface area contributed by atoms with Gasteiger partial charge in [-0.25, -0.2) is 0 Å². The Bertz CT molecular complexity index is 925. The lowest BCUT2D eigenvalue weighted by Crippen LogP contribution is -2.38. The van der Waals surface area contributed by atoms with Crippen molar-refractivity contribution in [2.75, 3.05) is 30.7 Å². The number of thioether (sulfide) groups is 1. The summed E-state index contributed by atoms with van der Waals surface area (Å²) >= 11 is 2.82. The zero-order valence-electron chi connectivity index (χ0n) is 17.4. The molecule has 0 aliphatic heterocycles. The van der Waals surface area contributed by atoms with Gasteiger partial charge in [0, 0.05) is 12.2 Å². The fourth-order valence-corrected chi connectivity index (χ4v) is 4.71. The molecule has 0 saturated carbocycles. The van der Waals surface area contributed by atoms with Gasteiger partial charge in [0.05, 0.1) is 18.1 Å². The first-order chi connectivity index (χ1) is 14.6. The topological polar surface area (TPSA) is 83.3 Å². The maximum atomic E-state index is 12.4. The third kappa shape index (κ3) is 6.32. The van der Waals surface area contributed by atoms with E-state index in [1.807, 2.05) is 43.3 Å². The van der Waals surface area contributed by atoms with Gasteiger partial charge in [-0.3, -0.25) is 9.69 Å². The molecule has 7 nitrogen and oxygen atoms in total. The highest BCUT2D eigenvalue weighted by atomic mass is 32.2. The summed E-state index contributed by atoms with van der Waals surface area (Å²) in [5.74, 6) is 1.12. The summed E-state index contributed by atoms with van der Waals surface area (Å²) in [6.45, 7) is 8.53. The van der Waals surface area contributed by atoms with Crippen LogP contribution in [0.5, 0.6) is 0 Å². The van der Waals surface area contributed by atoms with Gasteiger partial charge in [0.2, 0.25) is 11.0 Å². The van der Waals surface area contributed by atoms with E-state index in [-0.39, 0.29) is 11.9 Å². The maximum Gasteiger partial charge on any atom is 0.230 e. The monoisotopic (exact) mass is 445 g/mol. The minimum Gasteiger partial charge on any atom is -0.468 e. The van der Waals surface area contributed by atoms with E-state index in [2.05, 4.69) is 39.6 Å². The maximum absolute atomic E-state index is 12.4. The second-order valence-corrected chi connectivity index (χ2v) is 8.91. The van der Waals surface area contributed by atoms with Crippen LogP contribution < -0.4 is 10.6 Å². The molecular formula is C21H27N5O2S2. The van der Waals surface area contributed by atoms with Crippen LogP contribution in [0, 0.1) is 6.92 Å². The fraction of sp³-hybridized carbons (Fsp3) is 0.381. The number of carbonyl (C=O) groups excluding carboxylic acids is 1. The molecule has 9 heteroatoms. The van der Waals surface area contributed by atoms with Crippen LogP contribution in [-0.4, -0.2) is 46.4 Å². The molecular weight excluding hydrogens is 418 g/mol. The predicted octanol–water partition coefficient (Wildman–Crippen LogP) is 4.47. The normalized spacial score (nSPS) is 12.1. The summed E-state index contributed by atoms with van der Waals surface area (Å²) in [4.78, 5) is 14.6. The molecule has 1 unspecified atom stereocenters. The van der Waals surface area contributed by atoms with Crippen molar-refractivity contribution in [2.24, 2.45) is 0 Å². The lowest BCUT2D eigenvalue weighted by atomic mass is 10.2. The molecule has 160 valence electrons. The van der Waals surface area contributed by atoms with Crippen molar-refractivity contribution < 1.29 is 9.21 Å². The molecule has 0 saturated heterocycles. The summed E-state index contributed by atoms with van der Waals surface area (Å²) in [7, 11) is 0. The van der Waals surface area contributed by atoms with Crippen LogP contribution in [0.1, 0.15) is 31.2 Å². The Balaban J connectivity index is 1.49. The van der Waals surface area contributed by atoms with Crippen LogP contribution in [0.25, 0.3) is 0 Å². The standard InChI is InChI=1S/C21H27N5O2S2/c1-4-26(5-2)17(18-10-7-11-28-18)13-22-19(27)14-29-21-25-24-20(30-21)23-16-9-6-8-15(3)12-16/h6-12,17H,4-5,13-14H2,1-3H3,(H,22,27)(H,23,24). The number of carbonyl (C=O) groups is 1. The van der Waals surface area contributed by atoms with E-state index in [1.54, 1.807) is 6.26 Å². The van der Waals surface area contributed by atoms with E-state index in [4.69, 9.17) is 4.42 Å². The van der Waals surface area contributed by atoms with Gasteiger partial charge >= 0.3 is 0 Å². The summed E-state index contributed by atoms with van der Waals surface area (Å²) in [6.07, 6.45) is 1.67. The molecule has 0 bridgehead atoms. The first-order valence-electron chi connectivity index (χ1n) is 9.93. The molecule has 0 radical (unpaired) electrons. The van der Waals surface area contributed by atoms with Gasteiger partial charge in [-0.15, -0.1) is 10.2 Å². The highest BCUT2D eigenvalue weighted by molar-refractivity contribution is 8.01. The Morgan fingerprint density at radius 1 is 1.23 bits per heavy atom. The Labute approximate surface area is 185 Å². The molecule has 0 aliphatic carbocycles. The van der Waals surface area contributed by atoms with E-state index in [0.29, 0.717) is 17.4 Å². The number of furan rings is 1. The van der Waals surface area contributed by atoms with Crippen molar-refractivity contribution in [3.05, 3.63) is 54.0 Å². The Morgan fingerprint density at radius 2 is 2.07 bits per heavy atom. The molecule has 0 fully saturated rings. The molecule has 0 spiro atoms. The number of anilines is 2. The Hall–Kier alpha value is -2.36. The average molecular weight is 446 g/mol. The highest BCUT2D eigenvalue weighted by Crippen LogP contribution is 2.28. The van der Waals surface area contributed by atoms with Crippen LogP contribution in [-0.2, 0) is 4.79 Å². The van der Waals surface area contributed by atoms with Crippen LogP contribution in [0.15, 0.2) is 51.4 Å². The lowest BCUT2D eigenvalue weighted by Gasteiger charge is -2.28. The van der Waals surface area contributed by atoms with Gasteiger partial charge in [0.1, 0.15) is 5.76 Å². The number of rotatable bonds is 11. The molecule has 3 rings (SSSR count). The molecule has 3 aromatic rings. The molecule has 1 amide bonds. The third-order valence-electron chi connectivity index (χ3n) is 4.62. The van der Waals surface area contributed by atoms with E-state index >= 15 is 0 Å². The highest BCUT2D eigenvalue weighted by Gasteiger charge is 2.21. The minimum absolute atomic E-state index is 0.0237. The first-order valence-corrected chi connectivity index (χ1v) is 11.7. The lowest BCUT2D eigenvalue weighted by molar-refractivity contribution is -0.118. The molecule has 1 aromatic carbocycles. The minimum atomic E-state index is -0.0351. The van der Waals surface area contributed by atoms with E-state index in [1.165, 1.54) is 28.7 Å². The average Bonchev–Trinajstić information content (AvgIpc) is 3.42. The molecule has 0 aliphatic rings. The van der Waals surface area contributed by atoms with Crippen molar-refractivity contribution in [2.45, 2.75) is 31.2 Å². The number of likely N-dealkylation sites (N-methyl/N-ethyl adjacent to an activating group) is 1. The predicted molar refractivity (Wildman–Crippen MR) is 122 cm³/mol. The van der Waals surface area contributed by atoms with Crippen molar-refractivity contribution in [1.82, 2.24) is 20.4 Å². The summed E-state index contributed by atoms with van der Waals surface area (Å²) in [5.41, 5.74) is 2.15. The number of benzene rings is 1. The van der Waals surface area contributed by atoms with Crippen molar-refractivity contribution >= 4 is 39.8 Å². The van der Waals surface area contributed by atoms with Gasteiger partial charge in [0.15, 0.2) is 4.34 Å². The van der Waals surface area contributed by atoms with Gasteiger partial charge < -0.3 is 15.1 Å². The van der Waals surface area contributed by atoms with E-state index < -0.39 is 0 Å². The number of hydrogen-bond acceptors (Lipinski definition) is 8. The SMILES string of the molecule is CCN(CC)C(CNC(=O)CSc1nnc(Nc2cccc(C)c2)s1)c1ccco1. The second-order valence-electron chi connectivity index (χ2n) is 6.71. The zero-order chi connectivity index (χ0) is 21.3. The number of aromatic nitrogens is 2. The molecule has 1 atom stereocenters. The van der Waals surface area contributed by atoms with Crippen LogP contribution in [0.3, 0.4) is 0 Å². The van der Waals surface area contributed by atoms with Gasteiger partial charge in [-0.2, -0.15) is 0 Å². The Morgan fingerprint density at radius 3 is 2.77 bits per heavy atom. The largest absolute Gasteiger partial charge is 0.468 e. The van der Waals surface area contributed by atoms with E-state index in [0.717, 1.165) is 28.9 Å². The molecule has 30 heavy (non-hydrogen) atoms. The van der Waals surface area contributed by atoms with Crippen LogP contribution in [0.2, 0.25) is 0 Å². The summed E-state index contributed by atoms with van der Waals surface area (Å²) < 4.78 is 6.34. The van der Waals surface area contributed by atoms with Crippen molar-refractivity contribution in [1.29, 1.82) is 0 Å². The van der Waals surface area contributed by atoms with Crippen molar-refractivity contribution in [3.63, 3.8) is 0 Å². The quantitative estimate of drug-likeness (QED) is 0.421.